The maximum absolute atomic E-state index is 3.76. The fourth-order valence-electron chi connectivity index (χ4n) is 2.96. The first-order valence-electron chi connectivity index (χ1n) is 5.03. The molecule has 0 amide bonds. The molecule has 0 radical (unpaired) electrons. The molecule has 0 aliphatic heterocycles. The Hall–Kier alpha value is -0.820. The Labute approximate surface area is 91.1 Å². The van der Waals surface area contributed by atoms with Crippen LogP contribution in [0.1, 0.15) is 23.0 Å². The molecule has 1 fully saturated rings. The van der Waals surface area contributed by atoms with Crippen molar-refractivity contribution >= 4 is 26.7 Å². The smallest absolute Gasteiger partial charge is 0.0296 e. The molecule has 0 unspecified atom stereocenters. The number of benzene rings is 2. The zero-order valence-corrected chi connectivity index (χ0v) is 9.16. The van der Waals surface area contributed by atoms with Gasteiger partial charge in [0.1, 0.15) is 0 Å². The number of alkyl halides is 1. The Balaban J connectivity index is 2.19. The summed E-state index contributed by atoms with van der Waals surface area (Å²) in [6.45, 7) is 0. The van der Waals surface area contributed by atoms with E-state index in [0.717, 1.165) is 11.8 Å². The summed E-state index contributed by atoms with van der Waals surface area (Å²) in [5, 5.41) is 2.94. The summed E-state index contributed by atoms with van der Waals surface area (Å²) >= 11 is 3.76. The molecule has 4 rings (SSSR count). The second kappa shape index (κ2) is 2.22. The fraction of sp³-hybridized carbons (Fsp3) is 0.231. The van der Waals surface area contributed by atoms with Gasteiger partial charge in [0.05, 0.1) is 0 Å². The minimum atomic E-state index is 0.697. The van der Waals surface area contributed by atoms with E-state index in [1.807, 2.05) is 0 Å². The molecule has 2 aliphatic carbocycles. The molecule has 1 heteroatoms. The Morgan fingerprint density at radius 2 is 1.43 bits per heavy atom. The first kappa shape index (κ1) is 7.47. The van der Waals surface area contributed by atoms with Crippen LogP contribution in [0.2, 0.25) is 0 Å². The van der Waals surface area contributed by atoms with Gasteiger partial charge in [0.15, 0.2) is 0 Å². The van der Waals surface area contributed by atoms with Crippen LogP contribution in [0, 0.1) is 0 Å². The molecule has 0 nitrogen and oxygen atoms in total. The van der Waals surface area contributed by atoms with Gasteiger partial charge in [-0.15, -0.1) is 0 Å². The highest BCUT2D eigenvalue weighted by molar-refractivity contribution is 9.09. The van der Waals surface area contributed by atoms with E-state index in [1.165, 1.54) is 10.8 Å². The van der Waals surface area contributed by atoms with Crippen LogP contribution >= 0.6 is 15.9 Å². The van der Waals surface area contributed by atoms with Gasteiger partial charge in [-0.1, -0.05) is 52.3 Å². The van der Waals surface area contributed by atoms with Crippen molar-refractivity contribution in [3.8, 4) is 0 Å². The van der Waals surface area contributed by atoms with Crippen LogP contribution in [0.4, 0.5) is 0 Å². The highest BCUT2D eigenvalue weighted by atomic mass is 79.9. The van der Waals surface area contributed by atoms with Gasteiger partial charge in [-0.05, 0) is 21.9 Å². The van der Waals surface area contributed by atoms with Gasteiger partial charge in [-0.2, -0.15) is 0 Å². The first-order valence-corrected chi connectivity index (χ1v) is 5.95. The minimum absolute atomic E-state index is 0.697. The molecule has 2 aromatic carbocycles. The van der Waals surface area contributed by atoms with Gasteiger partial charge in [0.25, 0.3) is 0 Å². The third-order valence-electron chi connectivity index (χ3n) is 3.62. The van der Waals surface area contributed by atoms with Crippen molar-refractivity contribution in [2.45, 2.75) is 16.7 Å². The predicted octanol–water partition coefficient (Wildman–Crippen LogP) is 3.80. The zero-order chi connectivity index (χ0) is 9.28. The van der Waals surface area contributed by atoms with Gasteiger partial charge in [0.2, 0.25) is 0 Å². The second-order valence-electron chi connectivity index (χ2n) is 4.29. The molecule has 0 spiro atoms. The van der Waals surface area contributed by atoms with Crippen molar-refractivity contribution in [2.75, 3.05) is 0 Å². The van der Waals surface area contributed by atoms with E-state index in [9.17, 15) is 0 Å². The van der Waals surface area contributed by atoms with Crippen molar-refractivity contribution in [2.24, 2.45) is 0 Å². The van der Waals surface area contributed by atoms with Crippen molar-refractivity contribution < 1.29 is 0 Å². The predicted molar refractivity (Wildman–Crippen MR) is 62.1 cm³/mol. The van der Waals surface area contributed by atoms with Crippen LogP contribution < -0.4 is 0 Å². The first-order chi connectivity index (χ1) is 6.88. The molecular weight excluding hydrogens is 236 g/mol. The number of fused-ring (bicyclic) bond motifs is 3. The molecule has 1 saturated carbocycles. The van der Waals surface area contributed by atoms with Crippen molar-refractivity contribution in [3.63, 3.8) is 0 Å². The Bertz CT molecular complexity index is 499. The Kier molecular flexibility index (Phi) is 1.18. The monoisotopic (exact) mass is 244 g/mol. The third-order valence-corrected chi connectivity index (χ3v) is 4.76. The summed E-state index contributed by atoms with van der Waals surface area (Å²) in [6, 6.07) is 13.4. The summed E-state index contributed by atoms with van der Waals surface area (Å²) in [6.07, 6.45) is 0. The molecule has 14 heavy (non-hydrogen) atoms. The summed E-state index contributed by atoms with van der Waals surface area (Å²) in [4.78, 5) is 0.697. The SMILES string of the molecule is BrC1[C@H]2c3cccc4cccc(c34)[C@H]12. The van der Waals surface area contributed by atoms with E-state index in [1.54, 1.807) is 11.1 Å². The fourth-order valence-corrected chi connectivity index (χ4v) is 4.01. The summed E-state index contributed by atoms with van der Waals surface area (Å²) in [5.41, 5.74) is 3.12. The van der Waals surface area contributed by atoms with Crippen LogP contribution in [-0.4, -0.2) is 4.83 Å². The summed E-state index contributed by atoms with van der Waals surface area (Å²) in [7, 11) is 0. The quantitative estimate of drug-likeness (QED) is 0.619. The molecule has 2 atom stereocenters. The minimum Gasteiger partial charge on any atom is -0.0877 e. The average molecular weight is 245 g/mol. The van der Waals surface area contributed by atoms with E-state index in [0.29, 0.717) is 4.83 Å². The highest BCUT2D eigenvalue weighted by Crippen LogP contribution is 2.66. The van der Waals surface area contributed by atoms with E-state index >= 15 is 0 Å². The van der Waals surface area contributed by atoms with Crippen LogP contribution in [0.25, 0.3) is 10.8 Å². The molecule has 68 valence electrons. The largest absolute Gasteiger partial charge is 0.0877 e. The van der Waals surface area contributed by atoms with Crippen LogP contribution in [0.15, 0.2) is 36.4 Å². The molecule has 2 aromatic rings. The number of rotatable bonds is 0. The van der Waals surface area contributed by atoms with Gasteiger partial charge < -0.3 is 0 Å². The molecular formula is C13H9Br. The second-order valence-corrected chi connectivity index (χ2v) is 5.35. The molecule has 0 heterocycles. The Morgan fingerprint density at radius 1 is 0.857 bits per heavy atom. The van der Waals surface area contributed by atoms with Crippen LogP contribution in [-0.2, 0) is 0 Å². The maximum atomic E-state index is 3.76. The molecule has 0 N–H and O–H groups in total. The van der Waals surface area contributed by atoms with Crippen molar-refractivity contribution in [3.05, 3.63) is 47.5 Å². The Morgan fingerprint density at radius 3 is 2.00 bits per heavy atom. The number of hydrogen-bond donors (Lipinski definition) is 0. The van der Waals surface area contributed by atoms with Gasteiger partial charge in [-0.25, -0.2) is 0 Å². The van der Waals surface area contributed by atoms with E-state index in [4.69, 9.17) is 0 Å². The lowest BCUT2D eigenvalue weighted by atomic mass is 10.0. The van der Waals surface area contributed by atoms with E-state index in [2.05, 4.69) is 52.3 Å². The number of hydrogen-bond acceptors (Lipinski definition) is 0. The lowest BCUT2D eigenvalue weighted by molar-refractivity contribution is 1.10. The average Bonchev–Trinajstić information content (AvgIpc) is 2.74. The van der Waals surface area contributed by atoms with E-state index in [-0.39, 0.29) is 0 Å². The molecule has 2 aliphatic rings. The molecule has 0 bridgehead atoms. The van der Waals surface area contributed by atoms with Gasteiger partial charge in [-0.3, -0.25) is 0 Å². The van der Waals surface area contributed by atoms with Crippen LogP contribution in [0.3, 0.4) is 0 Å². The van der Waals surface area contributed by atoms with Crippen molar-refractivity contribution in [1.82, 2.24) is 0 Å². The van der Waals surface area contributed by atoms with Crippen LogP contribution in [0.5, 0.6) is 0 Å². The normalized spacial score (nSPS) is 31.9. The maximum Gasteiger partial charge on any atom is 0.0296 e. The van der Waals surface area contributed by atoms with E-state index < -0.39 is 0 Å². The lowest BCUT2D eigenvalue weighted by Gasteiger charge is -2.05. The third kappa shape index (κ3) is 0.683. The molecule has 0 saturated heterocycles. The number of halogens is 1. The molecule has 0 aromatic heterocycles. The highest BCUT2D eigenvalue weighted by Gasteiger charge is 2.55. The van der Waals surface area contributed by atoms with Crippen molar-refractivity contribution in [1.29, 1.82) is 0 Å². The summed E-state index contributed by atoms with van der Waals surface area (Å²) < 4.78 is 0. The zero-order valence-electron chi connectivity index (χ0n) is 7.57. The van der Waals surface area contributed by atoms with Gasteiger partial charge >= 0.3 is 0 Å². The lowest BCUT2D eigenvalue weighted by Crippen LogP contribution is -1.87. The standard InChI is InChI=1S/C13H9Br/c14-13-11-8-5-1-3-7-4-2-6-9(10(7)8)12(11)13/h1-6,11-13H/t11-,12-/m0/s1. The summed E-state index contributed by atoms with van der Waals surface area (Å²) in [5.74, 6) is 1.52. The topological polar surface area (TPSA) is 0 Å². The van der Waals surface area contributed by atoms with Gasteiger partial charge in [0, 0.05) is 16.7 Å².